The zero-order valence-electron chi connectivity index (χ0n) is 12.4. The molecule has 4 heteroatoms. The number of rotatable bonds is 5. The van der Waals surface area contributed by atoms with Crippen LogP contribution in [0.2, 0.25) is 0 Å². The second kappa shape index (κ2) is 7.29. The summed E-state index contributed by atoms with van der Waals surface area (Å²) in [4.78, 5) is 13.6. The van der Waals surface area contributed by atoms with Gasteiger partial charge in [-0.3, -0.25) is 4.79 Å². The quantitative estimate of drug-likeness (QED) is 0.853. The number of anilines is 1. The Balaban J connectivity index is 1.80. The summed E-state index contributed by atoms with van der Waals surface area (Å²) < 4.78 is 5.23. The molecular formula is C16H25N2O2+. The fourth-order valence-corrected chi connectivity index (χ4v) is 2.88. The van der Waals surface area contributed by atoms with Gasteiger partial charge in [-0.25, -0.2) is 0 Å². The lowest BCUT2D eigenvalue weighted by atomic mass is 10.0. The first-order chi connectivity index (χ1) is 9.69. The number of piperidine rings is 1. The van der Waals surface area contributed by atoms with Crippen LogP contribution in [0.25, 0.3) is 0 Å². The van der Waals surface area contributed by atoms with E-state index >= 15 is 0 Å². The molecule has 2 N–H and O–H groups in total. The molecule has 110 valence electrons. The maximum atomic E-state index is 12.0. The maximum absolute atomic E-state index is 12.0. The summed E-state index contributed by atoms with van der Waals surface area (Å²) in [7, 11) is 1.62. The van der Waals surface area contributed by atoms with Crippen LogP contribution in [0.3, 0.4) is 0 Å². The van der Waals surface area contributed by atoms with Gasteiger partial charge >= 0.3 is 0 Å². The lowest BCUT2D eigenvalue weighted by Gasteiger charge is -2.27. The molecule has 1 amide bonds. The average Bonchev–Trinajstić information content (AvgIpc) is 2.46. The van der Waals surface area contributed by atoms with Crippen LogP contribution in [-0.4, -0.2) is 32.7 Å². The summed E-state index contributed by atoms with van der Waals surface area (Å²) in [5, 5.41) is 2.93. The minimum absolute atomic E-state index is 0.0697. The smallest absolute Gasteiger partial charge is 0.230 e. The van der Waals surface area contributed by atoms with Gasteiger partial charge in [0, 0.05) is 5.92 Å². The molecule has 1 aliphatic heterocycles. The second-order valence-corrected chi connectivity index (χ2v) is 5.70. The van der Waals surface area contributed by atoms with Crippen molar-refractivity contribution in [2.75, 3.05) is 32.1 Å². The molecule has 0 saturated carbocycles. The van der Waals surface area contributed by atoms with Crippen LogP contribution >= 0.6 is 0 Å². The highest BCUT2D eigenvalue weighted by Gasteiger charge is 2.20. The molecule has 1 aromatic rings. The largest absolute Gasteiger partial charge is 0.495 e. The monoisotopic (exact) mass is 277 g/mol. The summed E-state index contributed by atoms with van der Waals surface area (Å²) in [6, 6.07) is 7.52. The number of hydrogen-bond donors (Lipinski definition) is 2. The van der Waals surface area contributed by atoms with E-state index in [9.17, 15) is 4.79 Å². The van der Waals surface area contributed by atoms with Gasteiger partial charge in [-0.05, 0) is 25.0 Å². The van der Waals surface area contributed by atoms with Gasteiger partial charge in [0.1, 0.15) is 5.75 Å². The SMILES string of the molecule is COc1ccccc1NC(=O)CC[NH+]1CCCC(C)C1. The third kappa shape index (κ3) is 4.23. The van der Waals surface area contributed by atoms with Crippen molar-refractivity contribution in [2.24, 2.45) is 5.92 Å². The van der Waals surface area contributed by atoms with Crippen LogP contribution in [0.1, 0.15) is 26.2 Å². The van der Waals surface area contributed by atoms with Crippen LogP contribution in [0, 0.1) is 5.92 Å². The van der Waals surface area contributed by atoms with E-state index in [0.29, 0.717) is 12.2 Å². The molecule has 1 aliphatic rings. The van der Waals surface area contributed by atoms with Crippen molar-refractivity contribution in [3.8, 4) is 5.75 Å². The lowest BCUT2D eigenvalue weighted by Crippen LogP contribution is -3.13. The van der Waals surface area contributed by atoms with Gasteiger partial charge in [0.25, 0.3) is 0 Å². The van der Waals surface area contributed by atoms with Crippen molar-refractivity contribution in [3.05, 3.63) is 24.3 Å². The number of hydrogen-bond acceptors (Lipinski definition) is 2. The number of amides is 1. The van der Waals surface area contributed by atoms with Gasteiger partial charge in [0.05, 0.1) is 38.9 Å². The molecule has 20 heavy (non-hydrogen) atoms. The Morgan fingerprint density at radius 1 is 1.45 bits per heavy atom. The minimum Gasteiger partial charge on any atom is -0.495 e. The number of likely N-dealkylation sites (tertiary alicyclic amines) is 1. The predicted molar refractivity (Wildman–Crippen MR) is 80.2 cm³/mol. The molecule has 2 unspecified atom stereocenters. The van der Waals surface area contributed by atoms with Crippen LogP contribution in [0.4, 0.5) is 5.69 Å². The lowest BCUT2D eigenvalue weighted by molar-refractivity contribution is -0.907. The minimum atomic E-state index is 0.0697. The molecule has 0 spiro atoms. The fraction of sp³-hybridized carbons (Fsp3) is 0.562. The van der Waals surface area contributed by atoms with E-state index in [1.54, 1.807) is 12.0 Å². The van der Waals surface area contributed by atoms with E-state index in [-0.39, 0.29) is 5.91 Å². The summed E-state index contributed by atoms with van der Waals surface area (Å²) in [5.41, 5.74) is 0.752. The van der Waals surface area contributed by atoms with Crippen molar-refractivity contribution in [3.63, 3.8) is 0 Å². The average molecular weight is 277 g/mol. The zero-order chi connectivity index (χ0) is 14.4. The van der Waals surface area contributed by atoms with Crippen LogP contribution < -0.4 is 15.0 Å². The molecule has 0 radical (unpaired) electrons. The normalized spacial score (nSPS) is 22.3. The number of carbonyl (C=O) groups is 1. The molecule has 4 nitrogen and oxygen atoms in total. The highest BCUT2D eigenvalue weighted by Crippen LogP contribution is 2.22. The highest BCUT2D eigenvalue weighted by molar-refractivity contribution is 5.92. The Labute approximate surface area is 121 Å². The Hall–Kier alpha value is -1.55. The first-order valence-electron chi connectivity index (χ1n) is 7.45. The third-order valence-electron chi connectivity index (χ3n) is 3.95. The molecule has 1 aromatic carbocycles. The van der Waals surface area contributed by atoms with E-state index < -0.39 is 0 Å². The summed E-state index contributed by atoms with van der Waals surface area (Å²) >= 11 is 0. The molecule has 0 aromatic heterocycles. The van der Waals surface area contributed by atoms with Gasteiger partial charge in [-0.15, -0.1) is 0 Å². The molecule has 1 fully saturated rings. The Morgan fingerprint density at radius 3 is 3.00 bits per heavy atom. The summed E-state index contributed by atoms with van der Waals surface area (Å²) in [6.45, 7) is 5.62. The highest BCUT2D eigenvalue weighted by atomic mass is 16.5. The zero-order valence-corrected chi connectivity index (χ0v) is 12.4. The van der Waals surface area contributed by atoms with Crippen molar-refractivity contribution in [1.29, 1.82) is 0 Å². The number of nitrogens with one attached hydrogen (secondary N) is 2. The number of ether oxygens (including phenoxy) is 1. The van der Waals surface area contributed by atoms with E-state index in [1.807, 2.05) is 24.3 Å². The Morgan fingerprint density at radius 2 is 2.25 bits per heavy atom. The van der Waals surface area contributed by atoms with Gasteiger partial charge in [0.15, 0.2) is 0 Å². The molecule has 2 atom stereocenters. The van der Waals surface area contributed by atoms with Gasteiger partial charge < -0.3 is 15.0 Å². The standard InChI is InChI=1S/C16H24N2O2/c1-13-6-5-10-18(12-13)11-9-16(19)17-14-7-3-4-8-15(14)20-2/h3-4,7-8,13H,5-6,9-12H2,1-2H3,(H,17,19)/p+1. The Kier molecular flexibility index (Phi) is 5.41. The van der Waals surface area contributed by atoms with Gasteiger partial charge in [-0.1, -0.05) is 19.1 Å². The van der Waals surface area contributed by atoms with Crippen molar-refractivity contribution < 1.29 is 14.4 Å². The Bertz CT molecular complexity index is 448. The van der Waals surface area contributed by atoms with E-state index in [1.165, 1.54) is 25.9 Å². The maximum Gasteiger partial charge on any atom is 0.230 e. The van der Waals surface area contributed by atoms with Gasteiger partial charge in [-0.2, -0.15) is 0 Å². The molecule has 0 bridgehead atoms. The van der Waals surface area contributed by atoms with E-state index in [4.69, 9.17) is 4.74 Å². The molecule has 1 saturated heterocycles. The number of para-hydroxylation sites is 2. The van der Waals surface area contributed by atoms with Crippen LogP contribution in [-0.2, 0) is 4.79 Å². The van der Waals surface area contributed by atoms with E-state index in [2.05, 4.69) is 12.2 Å². The van der Waals surface area contributed by atoms with E-state index in [0.717, 1.165) is 18.2 Å². The molecular weight excluding hydrogens is 252 g/mol. The van der Waals surface area contributed by atoms with Crippen LogP contribution in [0.5, 0.6) is 5.75 Å². The summed E-state index contributed by atoms with van der Waals surface area (Å²) in [6.07, 6.45) is 3.18. The topological polar surface area (TPSA) is 42.8 Å². The first kappa shape index (κ1) is 14.9. The van der Waals surface area contributed by atoms with Gasteiger partial charge in [0.2, 0.25) is 5.91 Å². The number of benzene rings is 1. The second-order valence-electron chi connectivity index (χ2n) is 5.70. The van der Waals surface area contributed by atoms with Crippen molar-refractivity contribution in [2.45, 2.75) is 26.2 Å². The summed E-state index contributed by atoms with van der Waals surface area (Å²) in [5.74, 6) is 1.57. The number of carbonyl (C=O) groups excluding carboxylic acids is 1. The van der Waals surface area contributed by atoms with Crippen molar-refractivity contribution >= 4 is 11.6 Å². The molecule has 2 rings (SSSR count). The predicted octanol–water partition coefficient (Wildman–Crippen LogP) is 1.34. The van der Waals surface area contributed by atoms with Crippen molar-refractivity contribution in [1.82, 2.24) is 0 Å². The molecule has 1 heterocycles. The fourth-order valence-electron chi connectivity index (χ4n) is 2.88. The number of methoxy groups -OCH3 is 1. The number of quaternary nitrogens is 1. The van der Waals surface area contributed by atoms with Crippen LogP contribution in [0.15, 0.2) is 24.3 Å². The first-order valence-corrected chi connectivity index (χ1v) is 7.45. The molecule has 0 aliphatic carbocycles. The third-order valence-corrected chi connectivity index (χ3v) is 3.95.